The molecule has 0 aliphatic rings. The molecule has 0 saturated heterocycles. The lowest BCUT2D eigenvalue weighted by Gasteiger charge is -2.02. The summed E-state index contributed by atoms with van der Waals surface area (Å²) in [5, 5.41) is 8.44. The Balaban J connectivity index is 3.32. The highest BCUT2D eigenvalue weighted by atomic mass is 127. The Hall–Kier alpha value is -0.770. The van der Waals surface area contributed by atoms with E-state index in [0.29, 0.717) is 3.57 Å². The predicted molar refractivity (Wildman–Crippen MR) is 46.6 cm³/mol. The summed E-state index contributed by atoms with van der Waals surface area (Å²) in [6, 6.07) is 3.07. The number of hydrogen-bond donors (Lipinski definition) is 0. The van der Waals surface area contributed by atoms with Crippen LogP contribution in [0.15, 0.2) is 12.3 Å². The molecule has 0 saturated carbocycles. The van der Waals surface area contributed by atoms with Gasteiger partial charge in [-0.05, 0) is 28.7 Å². The Morgan fingerprint density at radius 1 is 1.58 bits per heavy atom. The van der Waals surface area contributed by atoms with Crippen molar-refractivity contribution in [3.8, 4) is 6.07 Å². The number of hydrogen-bond acceptors (Lipinski definition) is 2. The zero-order chi connectivity index (χ0) is 9.14. The molecule has 1 aromatic rings. The molecular formula is C7H3F2IN2. The highest BCUT2D eigenvalue weighted by Gasteiger charge is 2.16. The molecule has 5 heteroatoms. The van der Waals surface area contributed by atoms with Gasteiger partial charge in [-0.3, -0.25) is 0 Å². The van der Waals surface area contributed by atoms with E-state index in [1.54, 1.807) is 28.7 Å². The van der Waals surface area contributed by atoms with Crippen LogP contribution in [-0.2, 0) is 0 Å². The SMILES string of the molecule is N#Cc1nccc(I)c1C(F)F. The molecule has 62 valence electrons. The molecule has 0 unspecified atom stereocenters. The minimum atomic E-state index is -2.64. The summed E-state index contributed by atoms with van der Waals surface area (Å²) in [6.07, 6.45) is -1.30. The van der Waals surface area contributed by atoms with Crippen LogP contribution in [0.4, 0.5) is 8.78 Å². The Morgan fingerprint density at radius 2 is 2.25 bits per heavy atom. The first kappa shape index (κ1) is 9.32. The molecule has 0 radical (unpaired) electrons. The maximum Gasteiger partial charge on any atom is 0.267 e. The fraction of sp³-hybridized carbons (Fsp3) is 0.143. The molecule has 0 bridgehead atoms. The number of nitrogens with zero attached hydrogens (tertiary/aromatic N) is 2. The standard InChI is InChI=1S/C7H3F2IN2/c8-7(9)6-4(10)1-2-12-5(6)3-11/h1-2,7H. The van der Waals surface area contributed by atoms with Crippen LogP contribution in [0, 0.1) is 14.9 Å². The monoisotopic (exact) mass is 280 g/mol. The van der Waals surface area contributed by atoms with Gasteiger partial charge in [0.1, 0.15) is 11.8 Å². The number of aromatic nitrogens is 1. The molecule has 0 N–H and O–H groups in total. The van der Waals surface area contributed by atoms with E-state index in [0.717, 1.165) is 0 Å². The first-order chi connectivity index (χ1) is 5.66. The van der Waals surface area contributed by atoms with E-state index >= 15 is 0 Å². The number of pyridine rings is 1. The van der Waals surface area contributed by atoms with E-state index in [1.807, 2.05) is 0 Å². The average Bonchev–Trinajstić information content (AvgIpc) is 2.03. The van der Waals surface area contributed by atoms with Gasteiger partial charge in [0.2, 0.25) is 0 Å². The van der Waals surface area contributed by atoms with Crippen molar-refractivity contribution in [2.45, 2.75) is 6.43 Å². The van der Waals surface area contributed by atoms with Crippen LogP contribution in [-0.4, -0.2) is 4.98 Å². The van der Waals surface area contributed by atoms with Crippen LogP contribution in [0.3, 0.4) is 0 Å². The van der Waals surface area contributed by atoms with Crippen LogP contribution in [0.2, 0.25) is 0 Å². The van der Waals surface area contributed by atoms with E-state index in [9.17, 15) is 8.78 Å². The molecular weight excluding hydrogens is 277 g/mol. The second-order valence-corrected chi connectivity index (χ2v) is 3.13. The molecule has 2 nitrogen and oxygen atoms in total. The highest BCUT2D eigenvalue weighted by Crippen LogP contribution is 2.25. The van der Waals surface area contributed by atoms with Crippen LogP contribution in [0.1, 0.15) is 17.7 Å². The summed E-state index contributed by atoms with van der Waals surface area (Å²) < 4.78 is 24.9. The Bertz CT molecular complexity index is 333. The third-order valence-corrected chi connectivity index (χ3v) is 2.20. The largest absolute Gasteiger partial charge is 0.267 e. The Morgan fingerprint density at radius 3 is 2.67 bits per heavy atom. The van der Waals surface area contributed by atoms with Gasteiger partial charge >= 0.3 is 0 Å². The van der Waals surface area contributed by atoms with Gasteiger partial charge in [-0.1, -0.05) is 0 Å². The molecule has 0 aliphatic heterocycles. The first-order valence-electron chi connectivity index (χ1n) is 2.99. The second kappa shape index (κ2) is 3.76. The van der Waals surface area contributed by atoms with Crippen LogP contribution in [0.25, 0.3) is 0 Å². The number of alkyl halides is 2. The second-order valence-electron chi connectivity index (χ2n) is 1.97. The van der Waals surface area contributed by atoms with E-state index < -0.39 is 6.43 Å². The van der Waals surface area contributed by atoms with E-state index in [-0.39, 0.29) is 11.3 Å². The molecule has 1 heterocycles. The van der Waals surface area contributed by atoms with Gasteiger partial charge < -0.3 is 0 Å². The molecule has 12 heavy (non-hydrogen) atoms. The van der Waals surface area contributed by atoms with Gasteiger partial charge in [0, 0.05) is 9.77 Å². The molecule has 1 aromatic heterocycles. The number of halogens is 3. The van der Waals surface area contributed by atoms with Crippen molar-refractivity contribution in [1.82, 2.24) is 4.98 Å². The Kier molecular flexibility index (Phi) is 2.92. The van der Waals surface area contributed by atoms with Gasteiger partial charge in [0.05, 0.1) is 5.56 Å². The number of rotatable bonds is 1. The van der Waals surface area contributed by atoms with Crippen molar-refractivity contribution in [3.63, 3.8) is 0 Å². The summed E-state index contributed by atoms with van der Waals surface area (Å²) in [6.45, 7) is 0. The van der Waals surface area contributed by atoms with E-state index in [1.165, 1.54) is 12.3 Å². The molecule has 1 rings (SSSR count). The van der Waals surface area contributed by atoms with Crippen molar-refractivity contribution < 1.29 is 8.78 Å². The summed E-state index contributed by atoms with van der Waals surface area (Å²) in [4.78, 5) is 3.53. The average molecular weight is 280 g/mol. The van der Waals surface area contributed by atoms with Crippen molar-refractivity contribution in [2.75, 3.05) is 0 Å². The molecule has 0 spiro atoms. The summed E-state index contributed by atoms with van der Waals surface area (Å²) in [5.74, 6) is 0. The summed E-state index contributed by atoms with van der Waals surface area (Å²) in [7, 11) is 0. The maximum absolute atomic E-state index is 12.3. The zero-order valence-electron chi connectivity index (χ0n) is 5.76. The normalized spacial score (nSPS) is 9.92. The van der Waals surface area contributed by atoms with Crippen molar-refractivity contribution in [3.05, 3.63) is 27.1 Å². The lowest BCUT2D eigenvalue weighted by atomic mass is 10.2. The zero-order valence-corrected chi connectivity index (χ0v) is 7.92. The van der Waals surface area contributed by atoms with Crippen LogP contribution in [0.5, 0.6) is 0 Å². The number of nitriles is 1. The van der Waals surface area contributed by atoms with Crippen molar-refractivity contribution in [1.29, 1.82) is 5.26 Å². The molecule has 0 aliphatic carbocycles. The molecule has 0 amide bonds. The van der Waals surface area contributed by atoms with Crippen LogP contribution >= 0.6 is 22.6 Å². The van der Waals surface area contributed by atoms with E-state index in [4.69, 9.17) is 5.26 Å². The lowest BCUT2D eigenvalue weighted by Crippen LogP contribution is -1.96. The predicted octanol–water partition coefficient (Wildman–Crippen LogP) is 2.50. The smallest absolute Gasteiger partial charge is 0.245 e. The third kappa shape index (κ3) is 1.69. The first-order valence-corrected chi connectivity index (χ1v) is 4.07. The minimum Gasteiger partial charge on any atom is -0.245 e. The van der Waals surface area contributed by atoms with Gasteiger partial charge in [-0.25, -0.2) is 13.8 Å². The minimum absolute atomic E-state index is 0.197. The van der Waals surface area contributed by atoms with Gasteiger partial charge in [0.15, 0.2) is 0 Å². The summed E-state index contributed by atoms with van der Waals surface area (Å²) in [5.41, 5.74) is -0.475. The lowest BCUT2D eigenvalue weighted by molar-refractivity contribution is 0.149. The fourth-order valence-corrected chi connectivity index (χ4v) is 1.40. The van der Waals surface area contributed by atoms with Crippen molar-refractivity contribution >= 4 is 22.6 Å². The van der Waals surface area contributed by atoms with E-state index in [2.05, 4.69) is 4.98 Å². The topological polar surface area (TPSA) is 36.7 Å². The van der Waals surface area contributed by atoms with Crippen LogP contribution < -0.4 is 0 Å². The van der Waals surface area contributed by atoms with Gasteiger partial charge in [-0.2, -0.15) is 5.26 Å². The molecule has 0 atom stereocenters. The fourth-order valence-electron chi connectivity index (χ4n) is 0.746. The van der Waals surface area contributed by atoms with Crippen molar-refractivity contribution in [2.24, 2.45) is 0 Å². The highest BCUT2D eigenvalue weighted by molar-refractivity contribution is 14.1. The Labute approximate surface area is 81.4 Å². The summed E-state index contributed by atoms with van der Waals surface area (Å²) >= 11 is 1.75. The molecule has 0 fully saturated rings. The quantitative estimate of drug-likeness (QED) is 0.741. The maximum atomic E-state index is 12.3. The van der Waals surface area contributed by atoms with Gasteiger partial charge in [-0.15, -0.1) is 0 Å². The van der Waals surface area contributed by atoms with Gasteiger partial charge in [0.25, 0.3) is 6.43 Å². The third-order valence-electron chi connectivity index (χ3n) is 1.26. The molecule has 0 aromatic carbocycles.